The molecule has 32 heavy (non-hydrogen) atoms. The zero-order valence-corrected chi connectivity index (χ0v) is 19.4. The van der Waals surface area contributed by atoms with Crippen LogP contribution in [0.4, 0.5) is 4.39 Å². The van der Waals surface area contributed by atoms with Gasteiger partial charge < -0.3 is 14.5 Å². The molecule has 1 aliphatic heterocycles. The molecule has 5 nitrogen and oxygen atoms in total. The molecule has 0 saturated heterocycles. The molecule has 7 heteroatoms. The minimum atomic E-state index is -0.351. The van der Waals surface area contributed by atoms with Gasteiger partial charge in [0.2, 0.25) is 11.8 Å². The van der Waals surface area contributed by atoms with Crippen LogP contribution in [0.2, 0.25) is 0 Å². The fraction of sp³-hybridized carbons (Fsp3) is 0.520. The van der Waals surface area contributed by atoms with Gasteiger partial charge in [0.1, 0.15) is 18.2 Å². The predicted octanol–water partition coefficient (Wildman–Crippen LogP) is 4.82. The van der Waals surface area contributed by atoms with Crippen LogP contribution in [0.1, 0.15) is 55.5 Å². The van der Waals surface area contributed by atoms with E-state index in [1.54, 1.807) is 28.4 Å². The Morgan fingerprint density at radius 1 is 1.25 bits per heavy atom. The third-order valence-corrected chi connectivity index (χ3v) is 7.45. The van der Waals surface area contributed by atoms with Crippen LogP contribution >= 0.6 is 11.3 Å². The molecule has 1 fully saturated rings. The molecule has 0 N–H and O–H groups in total. The fourth-order valence-corrected chi connectivity index (χ4v) is 5.76. The Balaban J connectivity index is 1.48. The van der Waals surface area contributed by atoms with Crippen molar-refractivity contribution in [2.24, 2.45) is 5.92 Å². The topological polar surface area (TPSA) is 49.9 Å². The van der Waals surface area contributed by atoms with Gasteiger partial charge in [-0.1, -0.05) is 25.8 Å². The lowest BCUT2D eigenvalue weighted by molar-refractivity contribution is -0.144. The van der Waals surface area contributed by atoms with Gasteiger partial charge in [-0.25, -0.2) is 4.39 Å². The Morgan fingerprint density at radius 3 is 2.81 bits per heavy atom. The van der Waals surface area contributed by atoms with Crippen LogP contribution in [0.15, 0.2) is 35.7 Å². The summed E-state index contributed by atoms with van der Waals surface area (Å²) in [6.45, 7) is 3.60. The molecule has 172 valence electrons. The number of amides is 2. The minimum Gasteiger partial charge on any atom is -0.491 e. The Hall–Kier alpha value is -2.41. The van der Waals surface area contributed by atoms with Crippen molar-refractivity contribution in [2.45, 2.75) is 51.5 Å². The Labute approximate surface area is 193 Å². The van der Waals surface area contributed by atoms with Crippen molar-refractivity contribution in [1.82, 2.24) is 9.80 Å². The summed E-state index contributed by atoms with van der Waals surface area (Å²) in [5.41, 5.74) is 1.09. The van der Waals surface area contributed by atoms with Crippen LogP contribution in [0, 0.1) is 11.7 Å². The Morgan fingerprint density at radius 2 is 2.06 bits per heavy atom. The van der Waals surface area contributed by atoms with E-state index in [0.717, 1.165) is 44.1 Å². The standard InChI is InChI=1S/C25H31FN2O3S/c1-2-12-27(25(30)18-6-3-4-7-18)16-24(29)28-13-10-23-21(11-14-32-23)22(28)17-31-20-9-5-8-19(26)15-20/h5,8-9,11,14-15,18,22H,2-4,6-7,10,12-13,16-17H2,1H3/t22-/m1/s1. The fourth-order valence-electron chi connectivity index (χ4n) is 4.83. The highest BCUT2D eigenvalue weighted by Gasteiger charge is 2.34. The van der Waals surface area contributed by atoms with E-state index in [2.05, 4.69) is 0 Å². The number of nitrogens with zero attached hydrogens (tertiary/aromatic N) is 2. The number of hydrogen-bond acceptors (Lipinski definition) is 4. The van der Waals surface area contributed by atoms with Crippen molar-refractivity contribution < 1.29 is 18.7 Å². The zero-order valence-electron chi connectivity index (χ0n) is 18.6. The zero-order chi connectivity index (χ0) is 22.5. The first kappa shape index (κ1) is 22.8. The first-order chi connectivity index (χ1) is 15.6. The lowest BCUT2D eigenvalue weighted by Crippen LogP contribution is -2.48. The highest BCUT2D eigenvalue weighted by molar-refractivity contribution is 7.10. The number of ether oxygens (including phenoxy) is 1. The number of benzene rings is 1. The molecule has 0 spiro atoms. The van der Waals surface area contributed by atoms with Gasteiger partial charge in [-0.2, -0.15) is 0 Å². The minimum absolute atomic E-state index is 0.0468. The van der Waals surface area contributed by atoms with Crippen molar-refractivity contribution in [1.29, 1.82) is 0 Å². The van der Waals surface area contributed by atoms with Crippen LogP contribution in [0.25, 0.3) is 0 Å². The second-order valence-electron chi connectivity index (χ2n) is 8.66. The van der Waals surface area contributed by atoms with E-state index in [9.17, 15) is 14.0 Å². The maximum atomic E-state index is 13.6. The third-order valence-electron chi connectivity index (χ3n) is 6.45. The molecular weight excluding hydrogens is 427 g/mol. The summed E-state index contributed by atoms with van der Waals surface area (Å²) < 4.78 is 19.5. The van der Waals surface area contributed by atoms with Crippen LogP contribution in [-0.2, 0) is 16.0 Å². The van der Waals surface area contributed by atoms with Gasteiger partial charge in [0.15, 0.2) is 0 Å². The smallest absolute Gasteiger partial charge is 0.242 e. The van der Waals surface area contributed by atoms with Crippen LogP contribution in [0.5, 0.6) is 5.75 Å². The van der Waals surface area contributed by atoms with Crippen molar-refractivity contribution in [2.75, 3.05) is 26.2 Å². The number of carbonyl (C=O) groups excluding carboxylic acids is 2. The van der Waals surface area contributed by atoms with Gasteiger partial charge in [0.25, 0.3) is 0 Å². The van der Waals surface area contributed by atoms with Gasteiger partial charge >= 0.3 is 0 Å². The monoisotopic (exact) mass is 458 g/mol. The molecule has 1 aliphatic carbocycles. The van der Waals surface area contributed by atoms with Crippen LogP contribution in [-0.4, -0.2) is 47.9 Å². The molecule has 0 unspecified atom stereocenters. The molecule has 4 rings (SSSR count). The van der Waals surface area contributed by atoms with E-state index in [1.807, 2.05) is 23.3 Å². The molecule has 2 amide bonds. The van der Waals surface area contributed by atoms with Gasteiger partial charge in [-0.15, -0.1) is 11.3 Å². The molecule has 1 saturated carbocycles. The maximum absolute atomic E-state index is 13.6. The van der Waals surface area contributed by atoms with E-state index >= 15 is 0 Å². The molecule has 2 aromatic rings. The summed E-state index contributed by atoms with van der Waals surface area (Å²) in [6.07, 6.45) is 5.68. The van der Waals surface area contributed by atoms with E-state index in [0.29, 0.717) is 18.8 Å². The van der Waals surface area contributed by atoms with Crippen molar-refractivity contribution in [3.05, 3.63) is 52.0 Å². The average Bonchev–Trinajstić information content (AvgIpc) is 3.48. The average molecular weight is 459 g/mol. The van der Waals surface area contributed by atoms with Gasteiger partial charge in [-0.05, 0) is 54.8 Å². The lowest BCUT2D eigenvalue weighted by atomic mass is 10.00. The molecule has 0 radical (unpaired) electrons. The summed E-state index contributed by atoms with van der Waals surface area (Å²) >= 11 is 1.69. The highest BCUT2D eigenvalue weighted by Crippen LogP contribution is 2.34. The van der Waals surface area contributed by atoms with Crippen LogP contribution in [0.3, 0.4) is 0 Å². The van der Waals surface area contributed by atoms with Crippen molar-refractivity contribution in [3.63, 3.8) is 0 Å². The summed E-state index contributed by atoms with van der Waals surface area (Å²) in [5.74, 6) is 0.235. The molecule has 2 heterocycles. The van der Waals surface area contributed by atoms with Gasteiger partial charge in [0, 0.05) is 30.0 Å². The van der Waals surface area contributed by atoms with E-state index < -0.39 is 0 Å². The summed E-state index contributed by atoms with van der Waals surface area (Å²) in [5, 5.41) is 2.04. The normalized spacial score (nSPS) is 18.4. The van der Waals surface area contributed by atoms with Gasteiger partial charge in [-0.3, -0.25) is 9.59 Å². The molecule has 1 aromatic carbocycles. The Kier molecular flexibility index (Phi) is 7.45. The lowest BCUT2D eigenvalue weighted by Gasteiger charge is -2.37. The van der Waals surface area contributed by atoms with Gasteiger partial charge in [0.05, 0.1) is 12.6 Å². The van der Waals surface area contributed by atoms with E-state index in [4.69, 9.17) is 4.74 Å². The summed E-state index contributed by atoms with van der Waals surface area (Å²) in [4.78, 5) is 31.3. The highest BCUT2D eigenvalue weighted by atomic mass is 32.1. The number of hydrogen-bond donors (Lipinski definition) is 0. The van der Waals surface area contributed by atoms with E-state index in [1.165, 1.54) is 17.0 Å². The second kappa shape index (κ2) is 10.5. The molecule has 2 aliphatic rings. The summed E-state index contributed by atoms with van der Waals surface area (Å²) in [7, 11) is 0. The first-order valence-electron chi connectivity index (χ1n) is 11.6. The first-order valence-corrected chi connectivity index (χ1v) is 12.5. The number of carbonyl (C=O) groups is 2. The van der Waals surface area contributed by atoms with Crippen molar-refractivity contribution >= 4 is 23.2 Å². The quantitative estimate of drug-likeness (QED) is 0.570. The predicted molar refractivity (Wildman–Crippen MR) is 123 cm³/mol. The Bertz CT molecular complexity index is 941. The molecule has 0 bridgehead atoms. The number of fused-ring (bicyclic) bond motifs is 1. The summed E-state index contributed by atoms with van der Waals surface area (Å²) in [6, 6.07) is 7.87. The van der Waals surface area contributed by atoms with E-state index in [-0.39, 0.29) is 42.7 Å². The number of halogens is 1. The SMILES string of the molecule is CCCN(CC(=O)N1CCc2sccc2[C@H]1COc1cccc(F)c1)C(=O)C1CCCC1. The second-order valence-corrected chi connectivity index (χ2v) is 9.66. The maximum Gasteiger partial charge on any atom is 0.242 e. The number of thiophene rings is 1. The molecule has 1 aromatic heterocycles. The number of rotatable bonds is 8. The molecule has 1 atom stereocenters. The third kappa shape index (κ3) is 5.14. The van der Waals surface area contributed by atoms with Crippen LogP contribution < -0.4 is 4.74 Å². The van der Waals surface area contributed by atoms with Crippen molar-refractivity contribution in [3.8, 4) is 5.75 Å². The molecular formula is C25H31FN2O3S. The largest absolute Gasteiger partial charge is 0.491 e.